The summed E-state index contributed by atoms with van der Waals surface area (Å²) in [5.74, 6) is -1.32. The molecule has 0 saturated heterocycles. The maximum Gasteiger partial charge on any atom is 0.416 e. The lowest BCUT2D eigenvalue weighted by atomic mass is 9.90. The molecule has 3 N–H and O–H groups in total. The Balaban J connectivity index is 1.68. The third-order valence-corrected chi connectivity index (χ3v) is 7.20. The van der Waals surface area contributed by atoms with Crippen LogP contribution < -0.4 is 16.1 Å². The van der Waals surface area contributed by atoms with Crippen LogP contribution >= 0.6 is 11.8 Å². The van der Waals surface area contributed by atoms with E-state index in [2.05, 4.69) is 16.1 Å². The average Bonchev–Trinajstić information content (AvgIpc) is 2.91. The van der Waals surface area contributed by atoms with Crippen molar-refractivity contribution in [1.29, 1.82) is 0 Å². The lowest BCUT2D eigenvalue weighted by Crippen LogP contribution is -2.56. The van der Waals surface area contributed by atoms with E-state index in [0.29, 0.717) is 24.9 Å². The van der Waals surface area contributed by atoms with Crippen LogP contribution in [0, 0.1) is 5.92 Å². The quantitative estimate of drug-likeness (QED) is 0.283. The first-order valence-corrected chi connectivity index (χ1v) is 14.2. The Hall–Kier alpha value is -3.05. The normalized spacial score (nSPS) is 17.5. The highest BCUT2D eigenvalue weighted by Crippen LogP contribution is 2.29. The third-order valence-electron chi connectivity index (χ3n) is 6.46. The third kappa shape index (κ3) is 8.99. The molecule has 11 heteroatoms. The van der Waals surface area contributed by atoms with Crippen molar-refractivity contribution in [3.05, 3.63) is 65.2 Å². The lowest BCUT2D eigenvalue weighted by Gasteiger charge is -2.33. The van der Waals surface area contributed by atoms with Crippen molar-refractivity contribution in [2.45, 2.75) is 62.7 Å². The van der Waals surface area contributed by atoms with Gasteiger partial charge in [0.05, 0.1) is 5.56 Å². The minimum absolute atomic E-state index is 0.118. The summed E-state index contributed by atoms with van der Waals surface area (Å²) in [6, 6.07) is 10.8. The summed E-state index contributed by atoms with van der Waals surface area (Å²) in [4.78, 5) is 40.1. The minimum atomic E-state index is -4.60. The predicted octanol–water partition coefficient (Wildman–Crippen LogP) is 4.89. The number of carbonyl (C=O) groups is 3. The molecule has 1 aliphatic carbocycles. The zero-order valence-corrected chi connectivity index (χ0v) is 23.1. The van der Waals surface area contributed by atoms with Gasteiger partial charge in [-0.15, -0.1) is 11.8 Å². The highest BCUT2D eigenvalue weighted by Gasteiger charge is 2.32. The van der Waals surface area contributed by atoms with E-state index < -0.39 is 30.1 Å². The van der Waals surface area contributed by atoms with E-state index in [1.54, 1.807) is 23.9 Å². The van der Waals surface area contributed by atoms with E-state index >= 15 is 0 Å². The molecular weight excluding hydrogens is 529 g/mol. The van der Waals surface area contributed by atoms with Crippen LogP contribution in [0.3, 0.4) is 0 Å². The first-order valence-electron chi connectivity index (χ1n) is 12.9. The van der Waals surface area contributed by atoms with Gasteiger partial charge in [-0.2, -0.15) is 13.2 Å². The fraction of sp³-hybridized carbons (Fsp3) is 0.464. The number of carbonyl (C=O) groups excluding carboxylic acids is 3. The molecule has 0 spiro atoms. The van der Waals surface area contributed by atoms with Gasteiger partial charge in [0.1, 0.15) is 6.54 Å². The second kappa shape index (κ2) is 13.8. The van der Waals surface area contributed by atoms with E-state index in [1.165, 1.54) is 12.1 Å². The number of nitrogens with zero attached hydrogens (tertiary/aromatic N) is 1. The molecule has 7 nitrogen and oxygen atoms in total. The number of halogens is 3. The van der Waals surface area contributed by atoms with Gasteiger partial charge < -0.3 is 10.6 Å². The second-order valence-corrected chi connectivity index (χ2v) is 10.9. The van der Waals surface area contributed by atoms with Crippen LogP contribution in [-0.2, 0) is 11.0 Å². The smallest absolute Gasteiger partial charge is 0.350 e. The average molecular weight is 565 g/mol. The van der Waals surface area contributed by atoms with Crippen molar-refractivity contribution < 1.29 is 27.6 Å². The number of benzene rings is 2. The zero-order chi connectivity index (χ0) is 28.6. The molecule has 2 aromatic carbocycles. The van der Waals surface area contributed by atoms with E-state index in [0.717, 1.165) is 34.9 Å². The summed E-state index contributed by atoms with van der Waals surface area (Å²) in [5.41, 5.74) is 2.30. The highest BCUT2D eigenvalue weighted by molar-refractivity contribution is 7.98. The van der Waals surface area contributed by atoms with Crippen molar-refractivity contribution in [3.63, 3.8) is 0 Å². The molecule has 0 aromatic heterocycles. The molecule has 2 aromatic rings. The monoisotopic (exact) mass is 564 g/mol. The van der Waals surface area contributed by atoms with Gasteiger partial charge in [-0.1, -0.05) is 32.8 Å². The molecule has 0 heterocycles. The Morgan fingerprint density at radius 1 is 0.974 bits per heavy atom. The summed E-state index contributed by atoms with van der Waals surface area (Å²) in [5, 5.41) is 7.01. The maximum atomic E-state index is 13.2. The molecule has 1 saturated carbocycles. The van der Waals surface area contributed by atoms with Gasteiger partial charge in [0.2, 0.25) is 5.91 Å². The molecular formula is C28H35F3N4O3S. The molecule has 0 unspecified atom stereocenters. The van der Waals surface area contributed by atoms with Crippen LogP contribution in [0.4, 0.5) is 13.2 Å². The largest absolute Gasteiger partial charge is 0.416 e. The Bertz CT molecular complexity index is 1140. The van der Waals surface area contributed by atoms with Crippen LogP contribution in [0.15, 0.2) is 53.4 Å². The molecule has 2 atom stereocenters. The Morgan fingerprint density at radius 2 is 1.62 bits per heavy atom. The predicted molar refractivity (Wildman–Crippen MR) is 145 cm³/mol. The summed E-state index contributed by atoms with van der Waals surface area (Å²) < 4.78 is 39.6. The number of alkyl halides is 3. The van der Waals surface area contributed by atoms with Gasteiger partial charge in [-0.05, 0) is 67.5 Å². The molecule has 0 bridgehead atoms. The van der Waals surface area contributed by atoms with Crippen molar-refractivity contribution in [3.8, 4) is 0 Å². The standard InChI is InChI=1S/C28H35F3N4O3S/c1-18(2)16-32-35(27(38)20-7-6-8-21(15-20)28(29,30)31)17-25(36)33-23-9-4-5-10-24(23)34-26(37)19-11-13-22(39-3)14-12-19/h6-8,11-15,18,23-24,32H,4-5,9-10,16-17H2,1-3H3,(H,33,36)(H,34,37)/t23-,24+/m1/s1. The number of hydrogen-bond donors (Lipinski definition) is 3. The summed E-state index contributed by atoms with van der Waals surface area (Å²) in [6.45, 7) is 3.76. The minimum Gasteiger partial charge on any atom is -0.350 e. The van der Waals surface area contributed by atoms with Crippen molar-refractivity contribution >= 4 is 29.5 Å². The summed E-state index contributed by atoms with van der Waals surface area (Å²) in [6.07, 6.45) is 0.483. The summed E-state index contributed by atoms with van der Waals surface area (Å²) >= 11 is 1.58. The molecule has 39 heavy (non-hydrogen) atoms. The van der Waals surface area contributed by atoms with Crippen LogP contribution in [0.25, 0.3) is 0 Å². The molecule has 1 aliphatic rings. The molecule has 3 amide bonds. The van der Waals surface area contributed by atoms with Crippen LogP contribution in [0.2, 0.25) is 0 Å². The number of hydrogen-bond acceptors (Lipinski definition) is 5. The van der Waals surface area contributed by atoms with Gasteiger partial charge in [-0.3, -0.25) is 19.4 Å². The van der Waals surface area contributed by atoms with Crippen LogP contribution in [0.1, 0.15) is 65.8 Å². The van der Waals surface area contributed by atoms with E-state index in [1.807, 2.05) is 32.2 Å². The van der Waals surface area contributed by atoms with E-state index in [4.69, 9.17) is 0 Å². The summed E-state index contributed by atoms with van der Waals surface area (Å²) in [7, 11) is 0. The Kier molecular flexibility index (Phi) is 10.8. The van der Waals surface area contributed by atoms with E-state index in [-0.39, 0.29) is 29.5 Å². The fourth-order valence-corrected chi connectivity index (χ4v) is 4.75. The topological polar surface area (TPSA) is 90.5 Å². The van der Waals surface area contributed by atoms with Gasteiger partial charge in [-0.25, -0.2) is 5.43 Å². The van der Waals surface area contributed by atoms with Gasteiger partial charge in [0, 0.05) is 34.7 Å². The van der Waals surface area contributed by atoms with Crippen molar-refractivity contribution in [1.82, 2.24) is 21.1 Å². The molecule has 0 aliphatic heterocycles. The SMILES string of the molecule is CSc1ccc(C(=O)N[C@H]2CCCC[C@H]2NC(=O)CN(NCC(C)C)C(=O)c2cccc(C(F)(F)F)c2)cc1. The highest BCUT2D eigenvalue weighted by atomic mass is 32.2. The number of nitrogens with one attached hydrogen (secondary N) is 3. The Morgan fingerprint density at radius 3 is 2.21 bits per heavy atom. The van der Waals surface area contributed by atoms with Crippen LogP contribution in [0.5, 0.6) is 0 Å². The number of hydrazine groups is 1. The molecule has 212 valence electrons. The second-order valence-electron chi connectivity index (χ2n) is 9.99. The first kappa shape index (κ1) is 30.5. The van der Waals surface area contributed by atoms with Crippen molar-refractivity contribution in [2.75, 3.05) is 19.3 Å². The van der Waals surface area contributed by atoms with Gasteiger partial charge in [0.25, 0.3) is 11.8 Å². The number of rotatable bonds is 10. The molecule has 0 radical (unpaired) electrons. The maximum absolute atomic E-state index is 13.2. The zero-order valence-electron chi connectivity index (χ0n) is 22.3. The molecule has 1 fully saturated rings. The first-order chi connectivity index (χ1) is 18.5. The molecule has 3 rings (SSSR count). The van der Waals surface area contributed by atoms with Gasteiger partial charge in [0.15, 0.2) is 0 Å². The number of thioether (sulfide) groups is 1. The Labute approximate surface area is 231 Å². The fourth-order valence-electron chi connectivity index (χ4n) is 4.34. The van der Waals surface area contributed by atoms with Gasteiger partial charge >= 0.3 is 6.18 Å². The number of amides is 3. The van der Waals surface area contributed by atoms with E-state index in [9.17, 15) is 27.6 Å². The van der Waals surface area contributed by atoms with Crippen LogP contribution in [-0.4, -0.2) is 54.2 Å². The van der Waals surface area contributed by atoms with Crippen molar-refractivity contribution in [2.24, 2.45) is 5.92 Å². The lowest BCUT2D eigenvalue weighted by molar-refractivity contribution is -0.137.